The first-order valence-electron chi connectivity index (χ1n) is 5.87. The maximum atomic E-state index is 13.3. The second kappa shape index (κ2) is 6.89. The SMILES string of the molecule is CCCNC(=NC)NCc1ccc(C)c(F)c1. The Morgan fingerprint density at radius 3 is 2.71 bits per heavy atom. The Hall–Kier alpha value is -1.58. The number of hydrogen-bond donors (Lipinski definition) is 2. The highest BCUT2D eigenvalue weighted by molar-refractivity contribution is 5.79. The maximum Gasteiger partial charge on any atom is 0.191 e. The standard InChI is InChI=1S/C13H20FN3/c1-4-7-16-13(15-3)17-9-11-6-5-10(2)12(14)8-11/h5-6,8H,4,7,9H2,1-3H3,(H2,15,16,17). The van der Waals surface area contributed by atoms with Crippen molar-refractivity contribution in [1.82, 2.24) is 10.6 Å². The van der Waals surface area contributed by atoms with Gasteiger partial charge in [-0.1, -0.05) is 19.1 Å². The number of nitrogens with one attached hydrogen (secondary N) is 2. The molecular weight excluding hydrogens is 217 g/mol. The molecule has 4 heteroatoms. The fraction of sp³-hybridized carbons (Fsp3) is 0.462. The van der Waals surface area contributed by atoms with Crippen LogP contribution in [0.5, 0.6) is 0 Å². The van der Waals surface area contributed by atoms with Crippen LogP contribution in [0, 0.1) is 12.7 Å². The zero-order valence-corrected chi connectivity index (χ0v) is 10.7. The van der Waals surface area contributed by atoms with E-state index in [1.54, 1.807) is 26.1 Å². The summed E-state index contributed by atoms with van der Waals surface area (Å²) >= 11 is 0. The van der Waals surface area contributed by atoms with Crippen molar-refractivity contribution in [2.45, 2.75) is 26.8 Å². The van der Waals surface area contributed by atoms with Gasteiger partial charge in [0.2, 0.25) is 0 Å². The molecule has 0 heterocycles. The highest BCUT2D eigenvalue weighted by Crippen LogP contribution is 2.08. The lowest BCUT2D eigenvalue weighted by Gasteiger charge is -2.11. The Morgan fingerprint density at radius 2 is 2.12 bits per heavy atom. The molecule has 1 aromatic carbocycles. The Bertz CT molecular complexity index is 388. The number of halogens is 1. The van der Waals surface area contributed by atoms with Crippen LogP contribution in [0.4, 0.5) is 4.39 Å². The van der Waals surface area contributed by atoms with Gasteiger partial charge in [0, 0.05) is 20.1 Å². The van der Waals surface area contributed by atoms with Crippen LogP contribution < -0.4 is 10.6 Å². The summed E-state index contributed by atoms with van der Waals surface area (Å²) in [5.74, 6) is 0.577. The molecule has 0 aliphatic heterocycles. The fourth-order valence-corrected chi connectivity index (χ4v) is 1.40. The van der Waals surface area contributed by atoms with Crippen LogP contribution in [0.1, 0.15) is 24.5 Å². The number of aliphatic imine (C=N–C) groups is 1. The van der Waals surface area contributed by atoms with E-state index in [1.165, 1.54) is 0 Å². The number of guanidine groups is 1. The summed E-state index contributed by atoms with van der Waals surface area (Å²) in [6.45, 7) is 5.30. The molecule has 1 aromatic rings. The van der Waals surface area contributed by atoms with E-state index in [1.807, 2.05) is 6.07 Å². The second-order valence-corrected chi connectivity index (χ2v) is 3.94. The lowest BCUT2D eigenvalue weighted by Crippen LogP contribution is -2.37. The van der Waals surface area contributed by atoms with Crippen LogP contribution in [0.2, 0.25) is 0 Å². The third kappa shape index (κ3) is 4.43. The van der Waals surface area contributed by atoms with Gasteiger partial charge in [0.25, 0.3) is 0 Å². The molecule has 0 aliphatic rings. The highest BCUT2D eigenvalue weighted by Gasteiger charge is 2.00. The highest BCUT2D eigenvalue weighted by atomic mass is 19.1. The quantitative estimate of drug-likeness (QED) is 0.622. The number of nitrogens with zero attached hydrogens (tertiary/aromatic N) is 1. The molecule has 0 fully saturated rings. The van der Waals surface area contributed by atoms with Crippen molar-refractivity contribution in [2.75, 3.05) is 13.6 Å². The van der Waals surface area contributed by atoms with Crippen LogP contribution in [0.25, 0.3) is 0 Å². The molecule has 1 rings (SSSR count). The smallest absolute Gasteiger partial charge is 0.191 e. The van der Waals surface area contributed by atoms with E-state index in [2.05, 4.69) is 22.5 Å². The van der Waals surface area contributed by atoms with Crippen LogP contribution in [-0.2, 0) is 6.54 Å². The molecular formula is C13H20FN3. The molecule has 0 saturated carbocycles. The summed E-state index contributed by atoms with van der Waals surface area (Å²) < 4.78 is 13.3. The van der Waals surface area contributed by atoms with Crippen molar-refractivity contribution in [3.8, 4) is 0 Å². The van der Waals surface area contributed by atoms with Crippen molar-refractivity contribution in [2.24, 2.45) is 4.99 Å². The topological polar surface area (TPSA) is 36.4 Å². The molecule has 0 radical (unpaired) electrons. The summed E-state index contributed by atoms with van der Waals surface area (Å²) in [6.07, 6.45) is 1.04. The van der Waals surface area contributed by atoms with Crippen LogP contribution in [-0.4, -0.2) is 19.6 Å². The molecule has 0 unspecified atom stereocenters. The first kappa shape index (κ1) is 13.5. The Labute approximate surface area is 102 Å². The van der Waals surface area contributed by atoms with E-state index in [4.69, 9.17) is 0 Å². The molecule has 0 bridgehead atoms. The van der Waals surface area contributed by atoms with Gasteiger partial charge in [-0.25, -0.2) is 4.39 Å². The van der Waals surface area contributed by atoms with Crippen molar-refractivity contribution in [3.05, 3.63) is 35.1 Å². The summed E-state index contributed by atoms with van der Waals surface area (Å²) in [5, 5.41) is 6.30. The van der Waals surface area contributed by atoms with E-state index in [9.17, 15) is 4.39 Å². The van der Waals surface area contributed by atoms with Crippen LogP contribution in [0.3, 0.4) is 0 Å². The number of rotatable bonds is 4. The Morgan fingerprint density at radius 1 is 1.35 bits per heavy atom. The first-order chi connectivity index (χ1) is 8.17. The van der Waals surface area contributed by atoms with Gasteiger partial charge in [-0.15, -0.1) is 0 Å². The molecule has 0 spiro atoms. The Balaban J connectivity index is 2.51. The minimum atomic E-state index is -0.166. The van der Waals surface area contributed by atoms with Gasteiger partial charge in [-0.3, -0.25) is 4.99 Å². The lowest BCUT2D eigenvalue weighted by molar-refractivity contribution is 0.615. The van der Waals surface area contributed by atoms with Gasteiger partial charge in [-0.05, 0) is 30.5 Å². The van der Waals surface area contributed by atoms with Crippen molar-refractivity contribution < 1.29 is 4.39 Å². The van der Waals surface area contributed by atoms with E-state index >= 15 is 0 Å². The van der Waals surface area contributed by atoms with E-state index in [0.717, 1.165) is 24.5 Å². The predicted octanol–water partition coefficient (Wildman–Crippen LogP) is 2.21. The largest absolute Gasteiger partial charge is 0.356 e. The van der Waals surface area contributed by atoms with Gasteiger partial charge in [0.05, 0.1) is 0 Å². The summed E-state index contributed by atoms with van der Waals surface area (Å²) in [7, 11) is 1.72. The van der Waals surface area contributed by atoms with Gasteiger partial charge < -0.3 is 10.6 Å². The molecule has 17 heavy (non-hydrogen) atoms. The fourth-order valence-electron chi connectivity index (χ4n) is 1.40. The second-order valence-electron chi connectivity index (χ2n) is 3.94. The molecule has 3 nitrogen and oxygen atoms in total. The molecule has 0 amide bonds. The lowest BCUT2D eigenvalue weighted by atomic mass is 10.1. The number of aryl methyl sites for hydroxylation is 1. The Kier molecular flexibility index (Phi) is 5.46. The molecule has 0 aromatic heterocycles. The third-order valence-corrected chi connectivity index (χ3v) is 2.46. The van der Waals surface area contributed by atoms with Gasteiger partial charge in [0.1, 0.15) is 5.82 Å². The summed E-state index contributed by atoms with van der Waals surface area (Å²) in [5.41, 5.74) is 1.58. The van der Waals surface area contributed by atoms with E-state index < -0.39 is 0 Å². The van der Waals surface area contributed by atoms with Crippen molar-refractivity contribution in [3.63, 3.8) is 0 Å². The van der Waals surface area contributed by atoms with Gasteiger partial charge >= 0.3 is 0 Å². The van der Waals surface area contributed by atoms with Crippen molar-refractivity contribution in [1.29, 1.82) is 0 Å². The van der Waals surface area contributed by atoms with Crippen molar-refractivity contribution >= 4 is 5.96 Å². The molecule has 0 atom stereocenters. The summed E-state index contributed by atoms with van der Waals surface area (Å²) in [6, 6.07) is 5.25. The predicted molar refractivity (Wildman–Crippen MR) is 69.6 cm³/mol. The molecule has 2 N–H and O–H groups in total. The van der Waals surface area contributed by atoms with E-state index in [-0.39, 0.29) is 5.82 Å². The zero-order chi connectivity index (χ0) is 12.7. The molecule has 0 aliphatic carbocycles. The molecule has 94 valence electrons. The minimum Gasteiger partial charge on any atom is -0.356 e. The van der Waals surface area contributed by atoms with Crippen LogP contribution >= 0.6 is 0 Å². The van der Waals surface area contributed by atoms with Gasteiger partial charge in [-0.2, -0.15) is 0 Å². The van der Waals surface area contributed by atoms with E-state index in [0.29, 0.717) is 12.1 Å². The van der Waals surface area contributed by atoms with Gasteiger partial charge in [0.15, 0.2) is 5.96 Å². The molecule has 0 saturated heterocycles. The monoisotopic (exact) mass is 237 g/mol. The maximum absolute atomic E-state index is 13.3. The normalized spacial score (nSPS) is 11.4. The minimum absolute atomic E-state index is 0.166. The number of hydrogen-bond acceptors (Lipinski definition) is 1. The average molecular weight is 237 g/mol. The summed E-state index contributed by atoms with van der Waals surface area (Å²) in [4.78, 5) is 4.08. The third-order valence-electron chi connectivity index (χ3n) is 2.46. The number of benzene rings is 1. The van der Waals surface area contributed by atoms with Crippen LogP contribution in [0.15, 0.2) is 23.2 Å². The zero-order valence-electron chi connectivity index (χ0n) is 10.7. The first-order valence-corrected chi connectivity index (χ1v) is 5.87. The average Bonchev–Trinajstić information content (AvgIpc) is 2.34.